The Morgan fingerprint density at radius 2 is 2.09 bits per heavy atom. The molecule has 1 amide bonds. The van der Waals surface area contributed by atoms with E-state index in [9.17, 15) is 4.79 Å². The number of aryl methyl sites for hydroxylation is 1. The molecule has 4 heterocycles. The minimum absolute atomic E-state index is 0.178. The van der Waals surface area contributed by atoms with Crippen molar-refractivity contribution in [2.75, 3.05) is 26.2 Å². The first-order valence-corrected chi connectivity index (χ1v) is 8.16. The van der Waals surface area contributed by atoms with Crippen molar-refractivity contribution in [3.8, 4) is 0 Å². The van der Waals surface area contributed by atoms with Gasteiger partial charge in [-0.1, -0.05) is 6.92 Å². The molecule has 2 fully saturated rings. The molecule has 1 aromatic rings. The lowest BCUT2D eigenvalue weighted by atomic mass is 9.99. The highest BCUT2D eigenvalue weighted by atomic mass is 16.5. The summed E-state index contributed by atoms with van der Waals surface area (Å²) in [5.74, 6) is 2.56. The van der Waals surface area contributed by atoms with Crippen molar-refractivity contribution in [3.05, 3.63) is 11.6 Å². The summed E-state index contributed by atoms with van der Waals surface area (Å²) in [6.07, 6.45) is 0.780. The van der Waals surface area contributed by atoms with Crippen LogP contribution in [0.5, 0.6) is 0 Å². The number of nitrogens with zero attached hydrogens (tertiary/aromatic N) is 5. The average Bonchev–Trinajstić information content (AvgIpc) is 3.04. The summed E-state index contributed by atoms with van der Waals surface area (Å²) >= 11 is 0. The van der Waals surface area contributed by atoms with Crippen LogP contribution in [-0.2, 0) is 22.6 Å². The molecule has 0 bridgehead atoms. The van der Waals surface area contributed by atoms with Crippen molar-refractivity contribution in [2.45, 2.75) is 45.5 Å². The maximum atomic E-state index is 12.4. The Hall–Kier alpha value is -1.47. The zero-order valence-corrected chi connectivity index (χ0v) is 13.2. The molecule has 0 spiro atoms. The fourth-order valence-electron chi connectivity index (χ4n) is 3.69. The van der Waals surface area contributed by atoms with Crippen LogP contribution in [0.25, 0.3) is 0 Å². The number of likely N-dealkylation sites (tertiary alicyclic amines) is 1. The predicted octanol–water partition coefficient (Wildman–Crippen LogP) is 0.0379. The smallest absolute Gasteiger partial charge is 0.252 e. The Labute approximate surface area is 130 Å². The first-order chi connectivity index (χ1) is 10.6. The zero-order chi connectivity index (χ0) is 15.3. The zero-order valence-electron chi connectivity index (χ0n) is 13.2. The van der Waals surface area contributed by atoms with E-state index in [4.69, 9.17) is 4.74 Å². The minimum Gasteiger partial charge on any atom is -0.368 e. The topological polar surface area (TPSA) is 63.5 Å². The van der Waals surface area contributed by atoms with Gasteiger partial charge in [0.2, 0.25) is 0 Å². The standard InChI is InChI=1S/C15H23N5O2/c1-10-3-6-22-14(10)15(21)19-7-12(8-19)18-4-5-20-11(2)16-17-13(20)9-18/h10,12,14H,3-9H2,1-2H3/t10-,14-/m0/s1. The van der Waals surface area contributed by atoms with Crippen LogP contribution in [0.15, 0.2) is 0 Å². The molecule has 120 valence electrons. The lowest BCUT2D eigenvalue weighted by Gasteiger charge is -2.47. The van der Waals surface area contributed by atoms with E-state index in [0.717, 1.165) is 57.4 Å². The van der Waals surface area contributed by atoms with Crippen LogP contribution >= 0.6 is 0 Å². The molecule has 0 radical (unpaired) electrons. The van der Waals surface area contributed by atoms with E-state index >= 15 is 0 Å². The SMILES string of the molecule is Cc1nnc2n1CCN(C1CN(C(=O)[C@H]3OCC[C@@H]3C)C1)C2. The van der Waals surface area contributed by atoms with Crippen molar-refractivity contribution < 1.29 is 9.53 Å². The number of fused-ring (bicyclic) bond motifs is 1. The van der Waals surface area contributed by atoms with Gasteiger partial charge in [-0.2, -0.15) is 0 Å². The van der Waals surface area contributed by atoms with E-state index in [-0.39, 0.29) is 12.0 Å². The van der Waals surface area contributed by atoms with Gasteiger partial charge in [0.25, 0.3) is 5.91 Å². The molecule has 0 N–H and O–H groups in total. The number of amides is 1. The summed E-state index contributed by atoms with van der Waals surface area (Å²) in [6.45, 7) is 9.25. The van der Waals surface area contributed by atoms with Gasteiger partial charge >= 0.3 is 0 Å². The number of hydrogen-bond donors (Lipinski definition) is 0. The average molecular weight is 305 g/mol. The molecule has 2 saturated heterocycles. The van der Waals surface area contributed by atoms with Gasteiger partial charge in [0.15, 0.2) is 0 Å². The third kappa shape index (κ3) is 2.23. The number of aromatic nitrogens is 3. The van der Waals surface area contributed by atoms with Crippen molar-refractivity contribution in [1.82, 2.24) is 24.6 Å². The minimum atomic E-state index is -0.215. The molecule has 0 unspecified atom stereocenters. The fraction of sp³-hybridized carbons (Fsp3) is 0.800. The predicted molar refractivity (Wildman–Crippen MR) is 79.1 cm³/mol. The van der Waals surface area contributed by atoms with Crippen molar-refractivity contribution in [1.29, 1.82) is 0 Å². The molecule has 3 aliphatic heterocycles. The van der Waals surface area contributed by atoms with E-state index in [1.165, 1.54) is 0 Å². The van der Waals surface area contributed by atoms with Gasteiger partial charge in [-0.25, -0.2) is 0 Å². The molecule has 0 aromatic carbocycles. The number of carbonyl (C=O) groups is 1. The third-order valence-electron chi connectivity index (χ3n) is 5.29. The van der Waals surface area contributed by atoms with Crippen LogP contribution in [0.2, 0.25) is 0 Å². The molecular formula is C15H23N5O2. The molecule has 4 rings (SSSR count). The third-order valence-corrected chi connectivity index (χ3v) is 5.29. The highest BCUT2D eigenvalue weighted by Gasteiger charge is 2.41. The van der Waals surface area contributed by atoms with Crippen LogP contribution < -0.4 is 0 Å². The summed E-state index contributed by atoms with van der Waals surface area (Å²) in [7, 11) is 0. The maximum Gasteiger partial charge on any atom is 0.252 e. The van der Waals surface area contributed by atoms with E-state index in [1.54, 1.807) is 0 Å². The number of hydrogen-bond acceptors (Lipinski definition) is 5. The van der Waals surface area contributed by atoms with E-state index in [0.29, 0.717) is 12.0 Å². The van der Waals surface area contributed by atoms with Gasteiger partial charge in [0, 0.05) is 38.8 Å². The van der Waals surface area contributed by atoms with Gasteiger partial charge in [0.1, 0.15) is 17.8 Å². The fourth-order valence-corrected chi connectivity index (χ4v) is 3.69. The maximum absolute atomic E-state index is 12.4. The summed E-state index contributed by atoms with van der Waals surface area (Å²) < 4.78 is 7.77. The molecule has 0 saturated carbocycles. The second-order valence-electron chi connectivity index (χ2n) is 6.74. The van der Waals surface area contributed by atoms with Crippen molar-refractivity contribution in [2.24, 2.45) is 5.92 Å². The molecule has 7 nitrogen and oxygen atoms in total. The summed E-state index contributed by atoms with van der Waals surface area (Å²) in [5, 5.41) is 8.39. The Bertz CT molecular complexity index is 580. The van der Waals surface area contributed by atoms with Gasteiger partial charge < -0.3 is 14.2 Å². The second-order valence-corrected chi connectivity index (χ2v) is 6.74. The first-order valence-electron chi connectivity index (χ1n) is 8.16. The highest BCUT2D eigenvalue weighted by molar-refractivity contribution is 5.82. The van der Waals surface area contributed by atoms with E-state index in [1.807, 2.05) is 11.8 Å². The molecule has 3 aliphatic rings. The van der Waals surface area contributed by atoms with Gasteiger partial charge in [-0.15, -0.1) is 10.2 Å². The molecule has 2 atom stereocenters. The highest BCUT2D eigenvalue weighted by Crippen LogP contribution is 2.26. The monoisotopic (exact) mass is 305 g/mol. The van der Waals surface area contributed by atoms with E-state index < -0.39 is 0 Å². The molecule has 7 heteroatoms. The Balaban J connectivity index is 1.33. The molecule has 22 heavy (non-hydrogen) atoms. The van der Waals surface area contributed by atoms with Crippen LogP contribution in [0.1, 0.15) is 25.0 Å². The van der Waals surface area contributed by atoms with Gasteiger partial charge in [0.05, 0.1) is 6.54 Å². The number of carbonyl (C=O) groups excluding carboxylic acids is 1. The number of rotatable bonds is 2. The molecule has 0 aliphatic carbocycles. The van der Waals surface area contributed by atoms with Gasteiger partial charge in [-0.3, -0.25) is 9.69 Å². The van der Waals surface area contributed by atoms with Crippen molar-refractivity contribution in [3.63, 3.8) is 0 Å². The quantitative estimate of drug-likeness (QED) is 0.772. The lowest BCUT2D eigenvalue weighted by Crippen LogP contribution is -2.63. The molecule has 1 aromatic heterocycles. The Morgan fingerprint density at radius 1 is 1.27 bits per heavy atom. The Kier molecular flexibility index (Phi) is 3.41. The van der Waals surface area contributed by atoms with Crippen LogP contribution in [-0.4, -0.2) is 68.9 Å². The molecular weight excluding hydrogens is 282 g/mol. The number of ether oxygens (including phenoxy) is 1. The van der Waals surface area contributed by atoms with Crippen LogP contribution in [0, 0.1) is 12.8 Å². The second kappa shape index (κ2) is 5.31. The normalized spacial score (nSPS) is 29.5. The van der Waals surface area contributed by atoms with Crippen LogP contribution in [0.4, 0.5) is 0 Å². The van der Waals surface area contributed by atoms with Crippen LogP contribution in [0.3, 0.4) is 0 Å². The van der Waals surface area contributed by atoms with E-state index in [2.05, 4.69) is 26.6 Å². The lowest BCUT2D eigenvalue weighted by molar-refractivity contribution is -0.150. The van der Waals surface area contributed by atoms with Crippen molar-refractivity contribution >= 4 is 5.91 Å². The largest absolute Gasteiger partial charge is 0.368 e. The summed E-state index contributed by atoms with van der Waals surface area (Å²) in [5.41, 5.74) is 0. The van der Waals surface area contributed by atoms with Gasteiger partial charge in [-0.05, 0) is 19.3 Å². The summed E-state index contributed by atoms with van der Waals surface area (Å²) in [4.78, 5) is 16.8. The first kappa shape index (κ1) is 14.1. The Morgan fingerprint density at radius 3 is 2.82 bits per heavy atom. The summed E-state index contributed by atoms with van der Waals surface area (Å²) in [6, 6.07) is 0.450.